The molecule has 0 spiro atoms. The number of H-pyrrole nitrogens is 1. The number of nitrogens with zero attached hydrogens (tertiary/aromatic N) is 1. The second kappa shape index (κ2) is 5.15. The van der Waals surface area contributed by atoms with Crippen LogP contribution >= 0.6 is 0 Å². The maximum Gasteiger partial charge on any atom is 0.407 e. The van der Waals surface area contributed by atoms with E-state index in [1.54, 1.807) is 0 Å². The molecule has 7 nitrogen and oxygen atoms in total. The van der Waals surface area contributed by atoms with Gasteiger partial charge in [-0.05, 0) is 33.6 Å². The first-order valence-corrected chi connectivity index (χ1v) is 6.59. The SMILES string of the molecule is CC(C)(C)OC(=O)NC1CC(c2cc(=O)[nH]c(N)n2)C1. The van der Waals surface area contributed by atoms with E-state index < -0.39 is 11.7 Å². The van der Waals surface area contributed by atoms with Gasteiger partial charge in [-0.25, -0.2) is 9.78 Å². The fraction of sp³-hybridized carbons (Fsp3) is 0.615. The second-order valence-electron chi connectivity index (χ2n) is 6.07. The van der Waals surface area contributed by atoms with Crippen LogP contribution in [0.5, 0.6) is 0 Å². The number of aromatic amines is 1. The first kappa shape index (κ1) is 14.4. The van der Waals surface area contributed by atoms with Gasteiger partial charge in [0.25, 0.3) is 5.56 Å². The van der Waals surface area contributed by atoms with Gasteiger partial charge in [-0.2, -0.15) is 0 Å². The molecule has 1 saturated carbocycles. The maximum atomic E-state index is 11.6. The van der Waals surface area contributed by atoms with Crippen molar-refractivity contribution in [3.8, 4) is 0 Å². The molecule has 1 amide bonds. The van der Waals surface area contributed by atoms with Crippen LogP contribution in [0.4, 0.5) is 10.7 Å². The van der Waals surface area contributed by atoms with Gasteiger partial charge in [0, 0.05) is 18.0 Å². The lowest BCUT2D eigenvalue weighted by molar-refractivity contribution is 0.0470. The Kier molecular flexibility index (Phi) is 3.69. The summed E-state index contributed by atoms with van der Waals surface area (Å²) in [5.74, 6) is 0.274. The molecule has 1 fully saturated rings. The van der Waals surface area contributed by atoms with Gasteiger partial charge < -0.3 is 15.8 Å². The lowest BCUT2D eigenvalue weighted by Gasteiger charge is -2.35. The summed E-state index contributed by atoms with van der Waals surface area (Å²) in [6, 6.07) is 1.50. The predicted molar refractivity (Wildman–Crippen MR) is 74.4 cm³/mol. The van der Waals surface area contributed by atoms with E-state index in [0.29, 0.717) is 5.69 Å². The average molecular weight is 280 g/mol. The zero-order chi connectivity index (χ0) is 14.9. The quantitative estimate of drug-likeness (QED) is 0.752. The summed E-state index contributed by atoms with van der Waals surface area (Å²) in [5, 5.41) is 2.80. The molecule has 1 aliphatic carbocycles. The van der Waals surface area contributed by atoms with Crippen LogP contribution < -0.4 is 16.6 Å². The topological polar surface area (TPSA) is 110 Å². The van der Waals surface area contributed by atoms with Crippen LogP contribution in [0.25, 0.3) is 0 Å². The Labute approximate surface area is 116 Å². The van der Waals surface area contributed by atoms with E-state index in [9.17, 15) is 9.59 Å². The number of carbonyl (C=O) groups is 1. The van der Waals surface area contributed by atoms with Crippen molar-refractivity contribution in [2.45, 2.75) is 51.2 Å². The lowest BCUT2D eigenvalue weighted by Crippen LogP contribution is -2.45. The number of ether oxygens (including phenoxy) is 1. The van der Waals surface area contributed by atoms with Crippen molar-refractivity contribution in [3.05, 3.63) is 22.1 Å². The summed E-state index contributed by atoms with van der Waals surface area (Å²) < 4.78 is 5.18. The molecule has 0 aromatic carbocycles. The second-order valence-corrected chi connectivity index (χ2v) is 6.07. The average Bonchev–Trinajstić information content (AvgIpc) is 2.18. The van der Waals surface area contributed by atoms with E-state index in [4.69, 9.17) is 10.5 Å². The molecule has 1 aromatic heterocycles. The van der Waals surface area contributed by atoms with E-state index in [-0.39, 0.29) is 23.5 Å². The van der Waals surface area contributed by atoms with Crippen LogP contribution in [-0.4, -0.2) is 27.7 Å². The molecular weight excluding hydrogens is 260 g/mol. The minimum atomic E-state index is -0.504. The number of aromatic nitrogens is 2. The van der Waals surface area contributed by atoms with Gasteiger partial charge in [-0.1, -0.05) is 0 Å². The third-order valence-corrected chi connectivity index (χ3v) is 3.06. The van der Waals surface area contributed by atoms with Crippen molar-refractivity contribution in [1.29, 1.82) is 0 Å². The Morgan fingerprint density at radius 2 is 2.15 bits per heavy atom. The van der Waals surface area contributed by atoms with Crippen LogP contribution in [0.3, 0.4) is 0 Å². The number of nitrogen functional groups attached to an aromatic ring is 1. The van der Waals surface area contributed by atoms with E-state index in [2.05, 4.69) is 15.3 Å². The number of alkyl carbamates (subject to hydrolysis) is 1. The zero-order valence-corrected chi connectivity index (χ0v) is 11.9. The van der Waals surface area contributed by atoms with Crippen molar-refractivity contribution in [2.75, 3.05) is 5.73 Å². The van der Waals surface area contributed by atoms with Crippen LogP contribution in [0.1, 0.15) is 45.2 Å². The normalized spacial score (nSPS) is 21.9. The number of hydrogen-bond acceptors (Lipinski definition) is 5. The molecule has 0 atom stereocenters. The third-order valence-electron chi connectivity index (χ3n) is 3.06. The molecular formula is C13H20N4O3. The highest BCUT2D eigenvalue weighted by atomic mass is 16.6. The molecule has 2 rings (SSSR count). The van der Waals surface area contributed by atoms with Crippen molar-refractivity contribution in [1.82, 2.24) is 15.3 Å². The Balaban J connectivity index is 1.85. The number of nitrogens with two attached hydrogens (primary N) is 1. The van der Waals surface area contributed by atoms with Crippen LogP contribution in [0.15, 0.2) is 10.9 Å². The molecule has 110 valence electrons. The van der Waals surface area contributed by atoms with E-state index >= 15 is 0 Å². The largest absolute Gasteiger partial charge is 0.444 e. The summed E-state index contributed by atoms with van der Waals surface area (Å²) in [4.78, 5) is 29.4. The Bertz CT molecular complexity index is 555. The van der Waals surface area contributed by atoms with Gasteiger partial charge in [0.1, 0.15) is 5.60 Å². The van der Waals surface area contributed by atoms with Gasteiger partial charge in [-0.3, -0.25) is 9.78 Å². The van der Waals surface area contributed by atoms with Crippen LogP contribution in [-0.2, 0) is 4.74 Å². The Hall–Kier alpha value is -2.05. The molecule has 0 aliphatic heterocycles. The fourth-order valence-electron chi connectivity index (χ4n) is 2.16. The number of nitrogens with one attached hydrogen (secondary N) is 2. The third kappa shape index (κ3) is 3.72. The van der Waals surface area contributed by atoms with Gasteiger partial charge >= 0.3 is 6.09 Å². The smallest absolute Gasteiger partial charge is 0.407 e. The fourth-order valence-corrected chi connectivity index (χ4v) is 2.16. The zero-order valence-electron chi connectivity index (χ0n) is 11.9. The van der Waals surface area contributed by atoms with Gasteiger partial charge in [-0.15, -0.1) is 0 Å². The summed E-state index contributed by atoms with van der Waals surface area (Å²) in [6.45, 7) is 5.46. The molecule has 0 saturated heterocycles. The molecule has 1 aliphatic rings. The predicted octanol–water partition coefficient (Wildman–Crippen LogP) is 1.12. The number of carbonyl (C=O) groups excluding carboxylic acids is 1. The highest BCUT2D eigenvalue weighted by molar-refractivity contribution is 5.68. The van der Waals surface area contributed by atoms with Gasteiger partial charge in [0.05, 0.1) is 5.69 Å². The molecule has 0 unspecified atom stereocenters. The Morgan fingerprint density at radius 1 is 1.50 bits per heavy atom. The molecule has 1 heterocycles. The number of anilines is 1. The van der Waals surface area contributed by atoms with Crippen LogP contribution in [0, 0.1) is 0 Å². The first-order valence-electron chi connectivity index (χ1n) is 6.59. The highest BCUT2D eigenvalue weighted by Crippen LogP contribution is 2.35. The first-order chi connectivity index (χ1) is 9.23. The van der Waals surface area contributed by atoms with Crippen molar-refractivity contribution >= 4 is 12.0 Å². The minimum absolute atomic E-state index is 0.0529. The summed E-state index contributed by atoms with van der Waals surface area (Å²) >= 11 is 0. The van der Waals surface area contributed by atoms with Crippen molar-refractivity contribution in [2.24, 2.45) is 0 Å². The maximum absolute atomic E-state index is 11.6. The molecule has 4 N–H and O–H groups in total. The monoisotopic (exact) mass is 280 g/mol. The molecule has 7 heteroatoms. The van der Waals surface area contributed by atoms with Gasteiger partial charge in [0.2, 0.25) is 5.95 Å². The highest BCUT2D eigenvalue weighted by Gasteiger charge is 2.33. The molecule has 1 aromatic rings. The summed E-state index contributed by atoms with van der Waals surface area (Å²) in [7, 11) is 0. The number of rotatable bonds is 2. The minimum Gasteiger partial charge on any atom is -0.444 e. The lowest BCUT2D eigenvalue weighted by atomic mass is 9.78. The molecule has 20 heavy (non-hydrogen) atoms. The van der Waals surface area contributed by atoms with E-state index in [0.717, 1.165) is 12.8 Å². The van der Waals surface area contributed by atoms with Crippen molar-refractivity contribution in [3.63, 3.8) is 0 Å². The summed E-state index contributed by atoms with van der Waals surface area (Å²) in [6.07, 6.45) is 1.05. The van der Waals surface area contributed by atoms with Crippen molar-refractivity contribution < 1.29 is 9.53 Å². The van der Waals surface area contributed by atoms with Gasteiger partial charge in [0.15, 0.2) is 0 Å². The van der Waals surface area contributed by atoms with E-state index in [1.165, 1.54) is 6.07 Å². The summed E-state index contributed by atoms with van der Waals surface area (Å²) in [5.41, 5.74) is 5.42. The number of hydrogen-bond donors (Lipinski definition) is 3. The molecule has 0 radical (unpaired) electrons. The number of amides is 1. The van der Waals surface area contributed by atoms with E-state index in [1.807, 2.05) is 20.8 Å². The molecule has 0 bridgehead atoms. The Morgan fingerprint density at radius 3 is 2.70 bits per heavy atom. The standard InChI is InChI=1S/C13H20N4O3/c1-13(2,3)20-12(19)15-8-4-7(5-8)9-6-10(18)17-11(14)16-9/h6-8H,4-5H2,1-3H3,(H,15,19)(H3,14,16,17,18). The van der Waals surface area contributed by atoms with Crippen LogP contribution in [0.2, 0.25) is 0 Å².